The van der Waals surface area contributed by atoms with Gasteiger partial charge in [0, 0.05) is 54.9 Å². The van der Waals surface area contributed by atoms with Crippen LogP contribution in [-0.4, -0.2) is 14.5 Å². The number of anilines is 1. The Kier molecular flexibility index (Phi) is 8.08. The highest BCUT2D eigenvalue weighted by molar-refractivity contribution is 5.73. The molecule has 0 aromatic carbocycles. The maximum atomic E-state index is 15.1. The quantitative estimate of drug-likeness (QED) is 0.439. The predicted molar refractivity (Wildman–Crippen MR) is 133 cm³/mol. The van der Waals surface area contributed by atoms with E-state index >= 15 is 4.39 Å². The summed E-state index contributed by atoms with van der Waals surface area (Å²) >= 11 is 0. The summed E-state index contributed by atoms with van der Waals surface area (Å²) in [5.74, 6) is -0.308. The van der Waals surface area contributed by atoms with E-state index in [4.69, 9.17) is 0 Å². The van der Waals surface area contributed by atoms with Gasteiger partial charge in [-0.25, -0.2) is 9.37 Å². The van der Waals surface area contributed by atoms with E-state index in [2.05, 4.69) is 41.3 Å². The lowest BCUT2D eigenvalue weighted by atomic mass is 10.1. The lowest BCUT2D eigenvalue weighted by Crippen LogP contribution is -2.14. The summed E-state index contributed by atoms with van der Waals surface area (Å²) in [6.45, 7) is 6.55. The monoisotopic (exact) mass is 444 g/mol. The van der Waals surface area contributed by atoms with Gasteiger partial charge in [0.25, 0.3) is 0 Å². The van der Waals surface area contributed by atoms with Crippen molar-refractivity contribution in [2.24, 2.45) is 7.05 Å². The molecule has 0 fully saturated rings. The molecule has 0 aliphatic carbocycles. The van der Waals surface area contributed by atoms with Crippen molar-refractivity contribution < 1.29 is 4.39 Å². The molecule has 0 aliphatic rings. The Bertz CT molecular complexity index is 1250. The Morgan fingerprint density at radius 1 is 1.18 bits per heavy atom. The summed E-state index contributed by atoms with van der Waals surface area (Å²) in [6.07, 6.45) is 14.3. The predicted octanol–water partition coefficient (Wildman–Crippen LogP) is 5.91. The lowest BCUT2D eigenvalue weighted by Gasteiger charge is -2.11. The topological polar surface area (TPSA) is 59.8 Å². The first-order valence-corrected chi connectivity index (χ1v) is 10.9. The third-order valence-corrected chi connectivity index (χ3v) is 5.12. The number of aryl methyl sites for hydroxylation is 1. The number of hydrogen-bond donors (Lipinski definition) is 1. The van der Waals surface area contributed by atoms with Crippen LogP contribution in [0.25, 0.3) is 16.7 Å². The number of halogens is 1. The maximum absolute atomic E-state index is 15.1. The standard InChI is InChI=1S/C27H29FN4O/c1-5-7-19(3)15-21(8-6-2)24-11-9-20(16-30-24)17-31-27-26(28)23(13-14-29-27)22-10-12-25(33)32(4)18-22/h6-16,18H,5,17H2,1-4H3,(H,29,31)/b8-6-,19-7+,21-15+. The van der Waals surface area contributed by atoms with E-state index in [1.54, 1.807) is 37.8 Å². The maximum Gasteiger partial charge on any atom is 0.250 e. The summed E-state index contributed by atoms with van der Waals surface area (Å²) in [5.41, 5.74) is 4.87. The van der Waals surface area contributed by atoms with Crippen LogP contribution in [0.5, 0.6) is 0 Å². The van der Waals surface area contributed by atoms with Crippen molar-refractivity contribution in [3.05, 3.63) is 106 Å². The normalized spacial score (nSPS) is 12.4. The van der Waals surface area contributed by atoms with Gasteiger partial charge in [0.05, 0.1) is 5.69 Å². The molecule has 1 N–H and O–H groups in total. The highest BCUT2D eigenvalue weighted by Gasteiger charge is 2.12. The fourth-order valence-corrected chi connectivity index (χ4v) is 3.44. The van der Waals surface area contributed by atoms with Gasteiger partial charge in [-0.05, 0) is 44.0 Å². The molecule has 3 rings (SSSR count). The molecule has 0 aliphatic heterocycles. The molecule has 0 radical (unpaired) electrons. The van der Waals surface area contributed by atoms with Crippen LogP contribution in [0, 0.1) is 5.82 Å². The Hall–Kier alpha value is -3.80. The van der Waals surface area contributed by atoms with Crippen molar-refractivity contribution in [1.82, 2.24) is 14.5 Å². The molecular weight excluding hydrogens is 415 g/mol. The van der Waals surface area contributed by atoms with Crippen molar-refractivity contribution in [2.45, 2.75) is 33.7 Å². The molecule has 0 atom stereocenters. The number of nitrogens with one attached hydrogen (secondary N) is 1. The van der Waals surface area contributed by atoms with Crippen LogP contribution in [0.2, 0.25) is 0 Å². The highest BCUT2D eigenvalue weighted by Crippen LogP contribution is 2.26. The smallest absolute Gasteiger partial charge is 0.250 e. The van der Waals surface area contributed by atoms with E-state index in [-0.39, 0.29) is 11.4 Å². The average molecular weight is 445 g/mol. The van der Waals surface area contributed by atoms with Crippen molar-refractivity contribution in [3.63, 3.8) is 0 Å². The molecule has 33 heavy (non-hydrogen) atoms. The fraction of sp³-hybridized carbons (Fsp3) is 0.222. The van der Waals surface area contributed by atoms with E-state index < -0.39 is 5.82 Å². The van der Waals surface area contributed by atoms with E-state index in [0.29, 0.717) is 17.7 Å². The van der Waals surface area contributed by atoms with Crippen molar-refractivity contribution in [1.29, 1.82) is 0 Å². The zero-order valence-corrected chi connectivity index (χ0v) is 19.5. The molecule has 6 heteroatoms. The van der Waals surface area contributed by atoms with Gasteiger partial charge < -0.3 is 9.88 Å². The average Bonchev–Trinajstić information content (AvgIpc) is 2.80. The van der Waals surface area contributed by atoms with Crippen molar-refractivity contribution >= 4 is 11.4 Å². The summed E-state index contributed by atoms with van der Waals surface area (Å²) in [4.78, 5) is 20.4. The molecule has 5 nitrogen and oxygen atoms in total. The summed E-state index contributed by atoms with van der Waals surface area (Å²) < 4.78 is 16.5. The van der Waals surface area contributed by atoms with Crippen LogP contribution >= 0.6 is 0 Å². The zero-order valence-electron chi connectivity index (χ0n) is 19.5. The van der Waals surface area contributed by atoms with Crippen LogP contribution in [0.4, 0.5) is 10.2 Å². The SMILES string of the molecule is C\C=C/C(=C\C(C)=C\CC)c1ccc(CNc2nccc(-c3ccc(=O)n(C)c3)c2F)cn1. The van der Waals surface area contributed by atoms with Gasteiger partial charge in [-0.2, -0.15) is 0 Å². The molecule has 3 aromatic rings. The van der Waals surface area contributed by atoms with Gasteiger partial charge in [-0.1, -0.05) is 42.9 Å². The van der Waals surface area contributed by atoms with Crippen LogP contribution in [0.3, 0.4) is 0 Å². The zero-order chi connectivity index (χ0) is 23.8. The van der Waals surface area contributed by atoms with E-state index in [1.807, 2.05) is 31.2 Å². The van der Waals surface area contributed by atoms with Gasteiger partial charge in [0.1, 0.15) is 0 Å². The molecule has 0 spiro atoms. The van der Waals surface area contributed by atoms with Crippen molar-refractivity contribution in [2.75, 3.05) is 5.32 Å². The van der Waals surface area contributed by atoms with Crippen LogP contribution < -0.4 is 10.9 Å². The van der Waals surface area contributed by atoms with Gasteiger partial charge in [0.15, 0.2) is 11.6 Å². The molecule has 170 valence electrons. The first-order chi connectivity index (χ1) is 15.9. The minimum atomic E-state index is -0.461. The lowest BCUT2D eigenvalue weighted by molar-refractivity contribution is 0.627. The summed E-state index contributed by atoms with van der Waals surface area (Å²) in [6, 6.07) is 8.57. The Labute approximate surface area is 194 Å². The summed E-state index contributed by atoms with van der Waals surface area (Å²) in [7, 11) is 1.64. The molecule has 0 amide bonds. The third-order valence-electron chi connectivity index (χ3n) is 5.12. The van der Waals surface area contributed by atoms with Crippen LogP contribution in [0.15, 0.2) is 83.6 Å². The van der Waals surface area contributed by atoms with Gasteiger partial charge in [-0.3, -0.25) is 9.78 Å². The number of rotatable bonds is 8. The summed E-state index contributed by atoms with van der Waals surface area (Å²) in [5, 5.41) is 3.06. The van der Waals surface area contributed by atoms with E-state index in [1.165, 1.54) is 16.2 Å². The minimum absolute atomic E-state index is 0.147. The van der Waals surface area contributed by atoms with Gasteiger partial charge in [0.2, 0.25) is 5.56 Å². The first kappa shape index (κ1) is 23.9. The number of pyridine rings is 3. The Balaban J connectivity index is 1.77. The molecule has 0 saturated heterocycles. The third kappa shape index (κ3) is 6.13. The van der Waals surface area contributed by atoms with E-state index in [0.717, 1.165) is 23.3 Å². The molecule has 0 unspecified atom stereocenters. The van der Waals surface area contributed by atoms with Crippen LogP contribution in [0.1, 0.15) is 38.4 Å². The second-order valence-electron chi connectivity index (χ2n) is 7.75. The molecule has 3 heterocycles. The molecule has 0 bridgehead atoms. The number of nitrogens with zero attached hydrogens (tertiary/aromatic N) is 3. The first-order valence-electron chi connectivity index (χ1n) is 10.9. The molecule has 0 saturated carbocycles. The van der Waals surface area contributed by atoms with Gasteiger partial charge in [-0.15, -0.1) is 0 Å². The largest absolute Gasteiger partial charge is 0.363 e. The second-order valence-corrected chi connectivity index (χ2v) is 7.75. The van der Waals surface area contributed by atoms with Gasteiger partial charge >= 0.3 is 0 Å². The number of allylic oxidation sites excluding steroid dienone is 6. The Morgan fingerprint density at radius 2 is 2.00 bits per heavy atom. The van der Waals surface area contributed by atoms with Crippen LogP contribution in [-0.2, 0) is 13.6 Å². The van der Waals surface area contributed by atoms with E-state index in [9.17, 15) is 4.79 Å². The molecular formula is C27H29FN4O. The minimum Gasteiger partial charge on any atom is -0.363 e. The molecule has 3 aromatic heterocycles. The fourth-order valence-electron chi connectivity index (χ4n) is 3.44. The van der Waals surface area contributed by atoms with Crippen molar-refractivity contribution in [3.8, 4) is 11.1 Å². The number of aromatic nitrogens is 3. The number of hydrogen-bond acceptors (Lipinski definition) is 4. The highest BCUT2D eigenvalue weighted by atomic mass is 19.1. The Morgan fingerprint density at radius 3 is 2.67 bits per heavy atom. The second kappa shape index (κ2) is 11.2.